The van der Waals surface area contributed by atoms with E-state index in [1.807, 2.05) is 62.4 Å². The Labute approximate surface area is 161 Å². The van der Waals surface area contributed by atoms with E-state index >= 15 is 0 Å². The van der Waals surface area contributed by atoms with Crippen molar-refractivity contribution in [1.82, 2.24) is 0 Å². The van der Waals surface area contributed by atoms with E-state index in [9.17, 15) is 9.59 Å². The summed E-state index contributed by atoms with van der Waals surface area (Å²) in [6.45, 7) is 7.83. The molecule has 0 atom stereocenters. The maximum Gasteiger partial charge on any atom is 0.226 e. The number of carbonyl (C=O) groups excluding carboxylic acids is 2. The number of anilines is 2. The predicted molar refractivity (Wildman–Crippen MR) is 109 cm³/mol. The molecule has 0 heterocycles. The lowest BCUT2D eigenvalue weighted by Crippen LogP contribution is -2.31. The Morgan fingerprint density at radius 2 is 1.67 bits per heavy atom. The minimum Gasteiger partial charge on any atom is -0.491 e. The second-order valence-electron chi connectivity index (χ2n) is 6.68. The zero-order valence-corrected chi connectivity index (χ0v) is 16.5. The molecular formula is C22H28N2O3. The molecule has 2 aromatic rings. The van der Waals surface area contributed by atoms with Crippen LogP contribution >= 0.6 is 0 Å². The van der Waals surface area contributed by atoms with Crippen molar-refractivity contribution in [2.45, 2.75) is 46.6 Å². The van der Waals surface area contributed by atoms with Crippen LogP contribution in [-0.4, -0.2) is 24.5 Å². The van der Waals surface area contributed by atoms with Gasteiger partial charge in [-0.3, -0.25) is 9.59 Å². The average Bonchev–Trinajstić information content (AvgIpc) is 2.63. The number of ether oxygens (including phenoxy) is 1. The molecule has 0 aromatic heterocycles. The van der Waals surface area contributed by atoms with Crippen molar-refractivity contribution in [2.24, 2.45) is 0 Å². The van der Waals surface area contributed by atoms with E-state index < -0.39 is 0 Å². The molecule has 5 heteroatoms. The van der Waals surface area contributed by atoms with Crippen LogP contribution in [0.2, 0.25) is 0 Å². The first kappa shape index (κ1) is 20.5. The van der Waals surface area contributed by atoms with E-state index in [0.717, 1.165) is 23.5 Å². The van der Waals surface area contributed by atoms with E-state index in [4.69, 9.17) is 4.74 Å². The number of hydrogen-bond donors (Lipinski definition) is 1. The third-order valence-electron chi connectivity index (χ3n) is 4.11. The van der Waals surface area contributed by atoms with Crippen LogP contribution in [0.3, 0.4) is 0 Å². The molecule has 0 bridgehead atoms. The molecular weight excluding hydrogens is 340 g/mol. The van der Waals surface area contributed by atoms with Crippen LogP contribution in [-0.2, 0) is 16.0 Å². The number of amides is 2. The van der Waals surface area contributed by atoms with Gasteiger partial charge in [0, 0.05) is 31.3 Å². The minimum absolute atomic E-state index is 0.0925. The number of carbonyl (C=O) groups is 2. The molecule has 0 unspecified atom stereocenters. The summed E-state index contributed by atoms with van der Waals surface area (Å²) in [5.74, 6) is 0.531. The van der Waals surface area contributed by atoms with Gasteiger partial charge in [0.1, 0.15) is 5.75 Å². The number of benzene rings is 2. The van der Waals surface area contributed by atoms with Crippen LogP contribution in [0.15, 0.2) is 48.5 Å². The summed E-state index contributed by atoms with van der Waals surface area (Å²) in [6.07, 6.45) is 1.28. The van der Waals surface area contributed by atoms with Gasteiger partial charge >= 0.3 is 0 Å². The van der Waals surface area contributed by atoms with E-state index in [2.05, 4.69) is 12.2 Å². The molecule has 5 nitrogen and oxygen atoms in total. The van der Waals surface area contributed by atoms with Gasteiger partial charge in [0.25, 0.3) is 0 Å². The highest BCUT2D eigenvalue weighted by atomic mass is 16.5. The van der Waals surface area contributed by atoms with Crippen LogP contribution in [0.1, 0.15) is 39.7 Å². The van der Waals surface area contributed by atoms with Gasteiger partial charge in [0.05, 0.1) is 6.10 Å². The molecule has 2 amide bonds. The lowest BCUT2D eigenvalue weighted by molar-refractivity contribution is -0.117. The number of rotatable bonds is 8. The Morgan fingerprint density at radius 3 is 2.19 bits per heavy atom. The third kappa shape index (κ3) is 6.44. The molecule has 0 spiro atoms. The molecule has 2 aromatic carbocycles. The van der Waals surface area contributed by atoms with Gasteiger partial charge in [0.15, 0.2) is 0 Å². The molecule has 144 valence electrons. The quantitative estimate of drug-likeness (QED) is 0.750. The first-order valence-corrected chi connectivity index (χ1v) is 9.32. The summed E-state index contributed by atoms with van der Waals surface area (Å²) in [5, 5.41) is 2.87. The van der Waals surface area contributed by atoms with E-state index in [-0.39, 0.29) is 24.3 Å². The summed E-state index contributed by atoms with van der Waals surface area (Å²) in [7, 11) is 0. The third-order valence-corrected chi connectivity index (χ3v) is 4.11. The largest absolute Gasteiger partial charge is 0.491 e. The first-order valence-electron chi connectivity index (χ1n) is 9.32. The van der Waals surface area contributed by atoms with Crippen molar-refractivity contribution in [2.75, 3.05) is 16.8 Å². The van der Waals surface area contributed by atoms with Crippen molar-refractivity contribution in [3.63, 3.8) is 0 Å². The topological polar surface area (TPSA) is 58.6 Å². The van der Waals surface area contributed by atoms with Gasteiger partial charge in [-0.2, -0.15) is 0 Å². The Morgan fingerprint density at radius 1 is 1.04 bits per heavy atom. The fraction of sp³-hybridized carbons (Fsp3) is 0.364. The van der Waals surface area contributed by atoms with Crippen LogP contribution in [0.5, 0.6) is 5.75 Å². The van der Waals surface area contributed by atoms with Crippen LogP contribution in [0.4, 0.5) is 11.4 Å². The molecule has 27 heavy (non-hydrogen) atoms. The molecule has 0 fully saturated rings. The zero-order valence-electron chi connectivity index (χ0n) is 16.5. The maximum atomic E-state index is 12.2. The van der Waals surface area contributed by atoms with E-state index in [0.29, 0.717) is 6.54 Å². The molecule has 0 aliphatic heterocycles. The Bertz CT molecular complexity index is 752. The standard InChI is InChI=1S/C22H28N2O3/c1-5-18-6-8-19(9-7-18)23-22(26)14-15-24(17(4)25)20-10-12-21(13-11-20)27-16(2)3/h6-13,16H,5,14-15H2,1-4H3,(H,23,26). The van der Waals surface area contributed by atoms with Crippen molar-refractivity contribution in [3.8, 4) is 5.75 Å². The highest BCUT2D eigenvalue weighted by Crippen LogP contribution is 2.21. The van der Waals surface area contributed by atoms with Crippen molar-refractivity contribution in [3.05, 3.63) is 54.1 Å². The fourth-order valence-corrected chi connectivity index (χ4v) is 2.71. The van der Waals surface area contributed by atoms with Gasteiger partial charge in [-0.25, -0.2) is 0 Å². The second-order valence-corrected chi connectivity index (χ2v) is 6.68. The van der Waals surface area contributed by atoms with Gasteiger partial charge in [-0.15, -0.1) is 0 Å². The lowest BCUT2D eigenvalue weighted by atomic mass is 10.1. The fourth-order valence-electron chi connectivity index (χ4n) is 2.71. The van der Waals surface area contributed by atoms with Crippen LogP contribution in [0, 0.1) is 0 Å². The van der Waals surface area contributed by atoms with Gasteiger partial charge in [0.2, 0.25) is 11.8 Å². The monoisotopic (exact) mass is 368 g/mol. The highest BCUT2D eigenvalue weighted by molar-refractivity contribution is 5.94. The molecule has 1 N–H and O–H groups in total. The summed E-state index contributed by atoms with van der Waals surface area (Å²) in [4.78, 5) is 25.8. The number of nitrogens with one attached hydrogen (secondary N) is 1. The normalized spacial score (nSPS) is 10.6. The van der Waals surface area contributed by atoms with E-state index in [1.54, 1.807) is 4.90 Å². The summed E-state index contributed by atoms with van der Waals surface area (Å²) in [6, 6.07) is 15.1. The average molecular weight is 368 g/mol. The van der Waals surface area contributed by atoms with E-state index in [1.165, 1.54) is 12.5 Å². The second kappa shape index (κ2) is 9.76. The molecule has 2 rings (SSSR count). The van der Waals surface area contributed by atoms with Crippen molar-refractivity contribution in [1.29, 1.82) is 0 Å². The van der Waals surface area contributed by atoms with Gasteiger partial charge in [-0.1, -0.05) is 19.1 Å². The first-order chi connectivity index (χ1) is 12.9. The Hall–Kier alpha value is -2.82. The molecule has 0 saturated carbocycles. The van der Waals surface area contributed by atoms with Crippen molar-refractivity contribution < 1.29 is 14.3 Å². The molecule has 0 saturated heterocycles. The summed E-state index contributed by atoms with van der Waals surface area (Å²) in [5.41, 5.74) is 2.74. The number of hydrogen-bond acceptors (Lipinski definition) is 3. The Balaban J connectivity index is 1.95. The highest BCUT2D eigenvalue weighted by Gasteiger charge is 2.14. The summed E-state index contributed by atoms with van der Waals surface area (Å²) >= 11 is 0. The Kier molecular flexibility index (Phi) is 7.41. The number of nitrogens with zero attached hydrogens (tertiary/aromatic N) is 1. The zero-order chi connectivity index (χ0) is 19.8. The SMILES string of the molecule is CCc1ccc(NC(=O)CCN(C(C)=O)c2ccc(OC(C)C)cc2)cc1. The predicted octanol–water partition coefficient (Wildman–Crippen LogP) is 4.42. The van der Waals surface area contributed by atoms with Gasteiger partial charge in [-0.05, 0) is 62.2 Å². The minimum atomic E-state index is -0.120. The van der Waals surface area contributed by atoms with Crippen molar-refractivity contribution >= 4 is 23.2 Å². The molecule has 0 radical (unpaired) electrons. The van der Waals surface area contributed by atoms with Gasteiger partial charge < -0.3 is 15.0 Å². The maximum absolute atomic E-state index is 12.2. The molecule has 0 aliphatic carbocycles. The van der Waals surface area contributed by atoms with Crippen LogP contribution < -0.4 is 15.0 Å². The summed E-state index contributed by atoms with van der Waals surface area (Å²) < 4.78 is 5.62. The molecule has 0 aliphatic rings. The number of aryl methyl sites for hydroxylation is 1. The lowest BCUT2D eigenvalue weighted by Gasteiger charge is -2.21. The van der Waals surface area contributed by atoms with Crippen LogP contribution in [0.25, 0.3) is 0 Å². The smallest absolute Gasteiger partial charge is 0.226 e.